The summed E-state index contributed by atoms with van der Waals surface area (Å²) < 4.78 is 5.59. The van der Waals surface area contributed by atoms with E-state index in [9.17, 15) is 4.79 Å². The van der Waals surface area contributed by atoms with E-state index in [-0.39, 0.29) is 11.9 Å². The number of aryl methyl sites for hydroxylation is 1. The average Bonchev–Trinajstić information content (AvgIpc) is 2.95. The predicted octanol–water partition coefficient (Wildman–Crippen LogP) is 1.97. The molecule has 0 saturated carbocycles. The molecular weight excluding hydrogens is 252 g/mol. The minimum absolute atomic E-state index is 0.212. The van der Waals surface area contributed by atoms with E-state index in [4.69, 9.17) is 10.5 Å². The van der Waals surface area contributed by atoms with Gasteiger partial charge in [0.05, 0.1) is 6.61 Å². The Morgan fingerprint density at radius 2 is 2.25 bits per heavy atom. The molecule has 20 heavy (non-hydrogen) atoms. The normalized spacial score (nSPS) is 18.3. The van der Waals surface area contributed by atoms with Crippen LogP contribution >= 0.6 is 0 Å². The zero-order valence-electron chi connectivity index (χ0n) is 12.2. The quantitative estimate of drug-likeness (QED) is 0.864. The Morgan fingerprint density at radius 3 is 3.00 bits per heavy atom. The van der Waals surface area contributed by atoms with E-state index in [1.54, 1.807) is 0 Å². The third-order valence-electron chi connectivity index (χ3n) is 3.85. The maximum Gasteiger partial charge on any atom is 0.223 e. The first-order valence-corrected chi connectivity index (χ1v) is 7.46. The van der Waals surface area contributed by atoms with Crippen LogP contribution in [0.1, 0.15) is 31.7 Å². The highest BCUT2D eigenvalue weighted by molar-refractivity contribution is 5.77. The van der Waals surface area contributed by atoms with Gasteiger partial charge in [-0.15, -0.1) is 0 Å². The van der Waals surface area contributed by atoms with Crippen molar-refractivity contribution in [2.45, 2.75) is 38.6 Å². The lowest BCUT2D eigenvalue weighted by Gasteiger charge is -2.23. The van der Waals surface area contributed by atoms with Crippen molar-refractivity contribution in [2.24, 2.45) is 5.73 Å². The maximum atomic E-state index is 12.3. The summed E-state index contributed by atoms with van der Waals surface area (Å²) in [6, 6.07) is 8.18. The molecule has 1 atom stereocenters. The fourth-order valence-electron chi connectivity index (χ4n) is 2.80. The van der Waals surface area contributed by atoms with E-state index in [0.29, 0.717) is 19.6 Å². The molecule has 1 fully saturated rings. The average molecular weight is 276 g/mol. The second-order valence-electron chi connectivity index (χ2n) is 5.16. The van der Waals surface area contributed by atoms with Gasteiger partial charge in [-0.25, -0.2) is 0 Å². The van der Waals surface area contributed by atoms with Gasteiger partial charge in [-0.1, -0.05) is 18.2 Å². The van der Waals surface area contributed by atoms with Crippen LogP contribution in [0.5, 0.6) is 5.75 Å². The molecule has 1 aliphatic heterocycles. The molecule has 0 spiro atoms. The Kier molecular flexibility index (Phi) is 5.41. The van der Waals surface area contributed by atoms with Crippen LogP contribution in [0.2, 0.25) is 0 Å². The molecule has 0 aliphatic carbocycles. The number of ether oxygens (including phenoxy) is 1. The molecule has 1 aromatic rings. The number of carbonyl (C=O) groups is 1. The van der Waals surface area contributed by atoms with Crippen LogP contribution in [0.3, 0.4) is 0 Å². The van der Waals surface area contributed by atoms with Crippen LogP contribution in [0, 0.1) is 0 Å². The molecule has 2 N–H and O–H groups in total. The van der Waals surface area contributed by atoms with Crippen LogP contribution in [0.15, 0.2) is 24.3 Å². The summed E-state index contributed by atoms with van der Waals surface area (Å²) >= 11 is 0. The molecule has 1 aliphatic rings. The maximum absolute atomic E-state index is 12.3. The van der Waals surface area contributed by atoms with Gasteiger partial charge < -0.3 is 15.4 Å². The van der Waals surface area contributed by atoms with E-state index < -0.39 is 0 Å². The Hall–Kier alpha value is -1.55. The minimum atomic E-state index is 0.212. The minimum Gasteiger partial charge on any atom is -0.494 e. The van der Waals surface area contributed by atoms with E-state index in [1.165, 1.54) is 0 Å². The molecule has 1 amide bonds. The fourth-order valence-corrected chi connectivity index (χ4v) is 2.80. The number of rotatable bonds is 6. The molecule has 4 nitrogen and oxygen atoms in total. The third kappa shape index (κ3) is 3.51. The van der Waals surface area contributed by atoms with E-state index in [1.807, 2.05) is 36.1 Å². The van der Waals surface area contributed by atoms with Crippen LogP contribution in [-0.2, 0) is 11.2 Å². The zero-order chi connectivity index (χ0) is 14.4. The van der Waals surface area contributed by atoms with Gasteiger partial charge in [0.2, 0.25) is 5.91 Å². The Bertz CT molecular complexity index is 448. The number of nitrogens with two attached hydrogens (primary N) is 1. The largest absolute Gasteiger partial charge is 0.494 e. The molecule has 0 bridgehead atoms. The lowest BCUT2D eigenvalue weighted by Crippen LogP contribution is -2.40. The number of amides is 1. The second kappa shape index (κ2) is 7.29. The highest BCUT2D eigenvalue weighted by Crippen LogP contribution is 2.22. The van der Waals surface area contributed by atoms with Gasteiger partial charge in [0.15, 0.2) is 0 Å². The summed E-state index contributed by atoms with van der Waals surface area (Å²) in [5, 5.41) is 0. The van der Waals surface area contributed by atoms with Crippen molar-refractivity contribution in [3.63, 3.8) is 0 Å². The molecule has 0 radical (unpaired) electrons. The molecular formula is C16H24N2O2. The van der Waals surface area contributed by atoms with Crippen molar-refractivity contribution in [1.82, 2.24) is 4.90 Å². The van der Waals surface area contributed by atoms with E-state index in [0.717, 1.165) is 37.1 Å². The van der Waals surface area contributed by atoms with Crippen LogP contribution in [0.25, 0.3) is 0 Å². The van der Waals surface area contributed by atoms with Crippen molar-refractivity contribution in [1.29, 1.82) is 0 Å². The van der Waals surface area contributed by atoms with Crippen molar-refractivity contribution >= 4 is 5.91 Å². The first kappa shape index (κ1) is 14.9. The van der Waals surface area contributed by atoms with Gasteiger partial charge in [0.1, 0.15) is 5.75 Å². The summed E-state index contributed by atoms with van der Waals surface area (Å²) in [4.78, 5) is 14.2. The smallest absolute Gasteiger partial charge is 0.223 e. The number of likely N-dealkylation sites (tertiary alicyclic amines) is 1. The molecule has 1 saturated heterocycles. The summed E-state index contributed by atoms with van der Waals surface area (Å²) in [5.41, 5.74) is 6.82. The van der Waals surface area contributed by atoms with Crippen molar-refractivity contribution in [3.8, 4) is 5.75 Å². The second-order valence-corrected chi connectivity index (χ2v) is 5.16. The van der Waals surface area contributed by atoms with Crippen LogP contribution < -0.4 is 10.5 Å². The number of benzene rings is 1. The molecule has 110 valence electrons. The highest BCUT2D eigenvalue weighted by atomic mass is 16.5. The first-order valence-electron chi connectivity index (χ1n) is 7.46. The van der Waals surface area contributed by atoms with Gasteiger partial charge in [-0.05, 0) is 37.8 Å². The Balaban J connectivity index is 1.93. The molecule has 0 aromatic heterocycles. The van der Waals surface area contributed by atoms with Crippen molar-refractivity contribution in [3.05, 3.63) is 29.8 Å². The molecule has 1 heterocycles. The number of para-hydroxylation sites is 1. The molecule has 2 rings (SSSR count). The topological polar surface area (TPSA) is 55.6 Å². The van der Waals surface area contributed by atoms with E-state index in [2.05, 4.69) is 0 Å². The zero-order valence-corrected chi connectivity index (χ0v) is 12.2. The van der Waals surface area contributed by atoms with Gasteiger partial charge in [0, 0.05) is 25.6 Å². The van der Waals surface area contributed by atoms with Gasteiger partial charge in [0.25, 0.3) is 0 Å². The van der Waals surface area contributed by atoms with Crippen LogP contribution in [-0.4, -0.2) is 36.5 Å². The number of carbonyl (C=O) groups excluding carboxylic acids is 1. The lowest BCUT2D eigenvalue weighted by atomic mass is 10.1. The standard InChI is InChI=1S/C16H24N2O2/c1-2-20-15-8-4-3-6-13(15)9-10-16(19)18-11-5-7-14(18)12-17/h3-4,6,8,14H,2,5,7,9-12,17H2,1H3/t14-/m0/s1. The van der Waals surface area contributed by atoms with Gasteiger partial charge in [-0.3, -0.25) is 4.79 Å². The monoisotopic (exact) mass is 276 g/mol. The first-order chi connectivity index (χ1) is 9.76. The predicted molar refractivity (Wildman–Crippen MR) is 79.7 cm³/mol. The summed E-state index contributed by atoms with van der Waals surface area (Å²) in [7, 11) is 0. The SMILES string of the molecule is CCOc1ccccc1CCC(=O)N1CCC[C@H]1CN. The van der Waals surface area contributed by atoms with E-state index >= 15 is 0 Å². The van der Waals surface area contributed by atoms with Gasteiger partial charge in [-0.2, -0.15) is 0 Å². The van der Waals surface area contributed by atoms with Crippen LogP contribution in [0.4, 0.5) is 0 Å². The molecule has 0 unspecified atom stereocenters. The van der Waals surface area contributed by atoms with Crippen molar-refractivity contribution in [2.75, 3.05) is 19.7 Å². The van der Waals surface area contributed by atoms with Gasteiger partial charge >= 0.3 is 0 Å². The lowest BCUT2D eigenvalue weighted by molar-refractivity contribution is -0.131. The summed E-state index contributed by atoms with van der Waals surface area (Å²) in [6.45, 7) is 4.04. The third-order valence-corrected chi connectivity index (χ3v) is 3.85. The summed E-state index contributed by atoms with van der Waals surface area (Å²) in [6.07, 6.45) is 3.37. The Morgan fingerprint density at radius 1 is 1.45 bits per heavy atom. The fraction of sp³-hybridized carbons (Fsp3) is 0.562. The molecule has 4 heteroatoms. The molecule has 1 aromatic carbocycles. The number of hydrogen-bond donors (Lipinski definition) is 1. The number of nitrogens with zero attached hydrogens (tertiary/aromatic N) is 1. The summed E-state index contributed by atoms with van der Waals surface area (Å²) in [5.74, 6) is 1.10. The highest BCUT2D eigenvalue weighted by Gasteiger charge is 2.27. The Labute approximate surface area is 120 Å². The van der Waals surface area contributed by atoms with Crippen molar-refractivity contribution < 1.29 is 9.53 Å². The number of hydrogen-bond acceptors (Lipinski definition) is 3.